The van der Waals surface area contributed by atoms with E-state index in [0.717, 1.165) is 32.1 Å². The van der Waals surface area contributed by atoms with Crippen LogP contribution in [0.15, 0.2) is 18.5 Å². The third-order valence-corrected chi connectivity index (χ3v) is 7.83. The zero-order valence-corrected chi connectivity index (χ0v) is 22.9. The summed E-state index contributed by atoms with van der Waals surface area (Å²) in [6.07, 6.45) is 5.88. The molecule has 2 fully saturated rings. The van der Waals surface area contributed by atoms with Gasteiger partial charge >= 0.3 is 0 Å². The van der Waals surface area contributed by atoms with Crippen LogP contribution in [0, 0.1) is 31.5 Å². The Morgan fingerprint density at radius 1 is 1.13 bits per heavy atom. The number of methoxy groups -OCH3 is 1. The summed E-state index contributed by atoms with van der Waals surface area (Å²) >= 11 is 0. The lowest BCUT2D eigenvalue weighted by molar-refractivity contribution is -0.125. The van der Waals surface area contributed by atoms with E-state index in [1.54, 1.807) is 19.1 Å². The molecule has 208 valence electrons. The predicted molar refractivity (Wildman–Crippen MR) is 145 cm³/mol. The molecule has 5 rings (SSSR count). The fourth-order valence-electron chi connectivity index (χ4n) is 5.47. The average Bonchev–Trinajstić information content (AvgIpc) is 3.66. The maximum atomic E-state index is 15.5. The van der Waals surface area contributed by atoms with Gasteiger partial charge in [0.1, 0.15) is 35.7 Å². The van der Waals surface area contributed by atoms with Crippen LogP contribution in [-0.4, -0.2) is 59.2 Å². The van der Waals surface area contributed by atoms with Crippen molar-refractivity contribution in [2.75, 3.05) is 20.3 Å². The summed E-state index contributed by atoms with van der Waals surface area (Å²) in [5, 5.41) is 6.18. The number of carbonyl (C=O) groups excluding carboxylic acids is 2. The van der Waals surface area contributed by atoms with E-state index in [4.69, 9.17) is 9.47 Å². The van der Waals surface area contributed by atoms with Gasteiger partial charge in [0.25, 0.3) is 5.91 Å². The Morgan fingerprint density at radius 3 is 2.64 bits per heavy atom. The van der Waals surface area contributed by atoms with Crippen LogP contribution < -0.4 is 15.4 Å². The van der Waals surface area contributed by atoms with Gasteiger partial charge < -0.3 is 25.1 Å². The first-order valence-electron chi connectivity index (χ1n) is 13.6. The second-order valence-electron chi connectivity index (χ2n) is 11.0. The number of benzene rings is 1. The number of hydrogen-bond donors (Lipinski definition) is 3. The fourth-order valence-corrected chi connectivity index (χ4v) is 5.47. The minimum absolute atomic E-state index is 0.0370. The van der Waals surface area contributed by atoms with Gasteiger partial charge in [-0.25, -0.2) is 14.4 Å². The number of H-pyrrole nitrogens is 1. The number of aromatic nitrogens is 3. The van der Waals surface area contributed by atoms with Crippen LogP contribution in [-0.2, 0) is 9.53 Å². The highest BCUT2D eigenvalue weighted by atomic mass is 19.1. The van der Waals surface area contributed by atoms with Crippen molar-refractivity contribution in [3.63, 3.8) is 0 Å². The van der Waals surface area contributed by atoms with E-state index in [2.05, 4.69) is 32.5 Å². The van der Waals surface area contributed by atoms with Crippen LogP contribution in [0.1, 0.15) is 60.6 Å². The number of aryl methyl sites for hydroxylation is 2. The lowest BCUT2D eigenvalue weighted by Gasteiger charge is -2.35. The van der Waals surface area contributed by atoms with E-state index in [1.807, 2.05) is 6.92 Å². The Bertz CT molecular complexity index is 1390. The number of amides is 2. The largest absolute Gasteiger partial charge is 0.492 e. The number of nitrogens with zero attached hydrogens (tertiary/aromatic N) is 2. The van der Waals surface area contributed by atoms with Crippen LogP contribution >= 0.6 is 0 Å². The van der Waals surface area contributed by atoms with Gasteiger partial charge in [-0.3, -0.25) is 9.59 Å². The second-order valence-corrected chi connectivity index (χ2v) is 11.0. The van der Waals surface area contributed by atoms with Crippen molar-refractivity contribution >= 4 is 22.8 Å². The van der Waals surface area contributed by atoms with Gasteiger partial charge in [-0.15, -0.1) is 0 Å². The Balaban J connectivity index is 1.39. The highest BCUT2D eigenvalue weighted by molar-refractivity contribution is 6.09. The number of hydrogen-bond acceptors (Lipinski definition) is 6. The lowest BCUT2D eigenvalue weighted by atomic mass is 9.82. The number of fused-ring (bicyclic) bond motifs is 1. The van der Waals surface area contributed by atoms with E-state index >= 15 is 4.39 Å². The second kappa shape index (κ2) is 11.3. The standard InChI is InChI=1S/C29H36FN5O4/c1-15-5-10-21(39-12-18-6-7-18)24(25(15)30)27-28-26(31-14-32-27)23(17(3)33-28)29(37)35-20-9-8-19(11-16(20)2)34-22(36)13-38-4/h5,10,14,16,18-20,33H,6-9,11-13H2,1-4H3,(H,34,36)(H,35,37)/t16-,19-,20+/m1/s1. The van der Waals surface area contributed by atoms with Crippen molar-refractivity contribution in [2.24, 2.45) is 11.8 Å². The molecule has 39 heavy (non-hydrogen) atoms. The molecule has 2 heterocycles. The minimum atomic E-state index is -0.398. The Hall–Kier alpha value is -3.53. The van der Waals surface area contributed by atoms with Gasteiger partial charge in [0.2, 0.25) is 5.91 Å². The summed E-state index contributed by atoms with van der Waals surface area (Å²) in [4.78, 5) is 37.5. The van der Waals surface area contributed by atoms with Crippen LogP contribution in [0.3, 0.4) is 0 Å². The van der Waals surface area contributed by atoms with Crippen LogP contribution in [0.5, 0.6) is 5.75 Å². The zero-order chi connectivity index (χ0) is 27.7. The lowest BCUT2D eigenvalue weighted by Crippen LogP contribution is -2.48. The molecule has 0 unspecified atom stereocenters. The summed E-state index contributed by atoms with van der Waals surface area (Å²) < 4.78 is 26.4. The number of nitrogens with one attached hydrogen (secondary N) is 3. The molecule has 3 N–H and O–H groups in total. The smallest absolute Gasteiger partial charge is 0.255 e. The molecule has 2 saturated carbocycles. The molecule has 0 saturated heterocycles. The highest BCUT2D eigenvalue weighted by Gasteiger charge is 2.32. The molecule has 2 amide bonds. The number of halogens is 1. The number of aromatic amines is 1. The fraction of sp³-hybridized carbons (Fsp3) is 0.517. The first-order chi connectivity index (χ1) is 18.8. The van der Waals surface area contributed by atoms with E-state index in [0.29, 0.717) is 51.8 Å². The van der Waals surface area contributed by atoms with E-state index < -0.39 is 5.82 Å². The predicted octanol–water partition coefficient (Wildman–Crippen LogP) is 4.22. The molecule has 3 aromatic rings. The summed E-state index contributed by atoms with van der Waals surface area (Å²) in [5.41, 5.74) is 3.12. The van der Waals surface area contributed by atoms with Crippen molar-refractivity contribution in [1.82, 2.24) is 25.6 Å². The Kier molecular flexibility index (Phi) is 7.83. The number of ether oxygens (including phenoxy) is 2. The van der Waals surface area contributed by atoms with Crippen molar-refractivity contribution in [3.8, 4) is 17.0 Å². The first kappa shape index (κ1) is 27.1. The Labute approximate surface area is 227 Å². The van der Waals surface area contributed by atoms with Gasteiger partial charge in [0.05, 0.1) is 23.3 Å². The van der Waals surface area contributed by atoms with E-state index in [-0.39, 0.29) is 42.0 Å². The van der Waals surface area contributed by atoms with E-state index in [1.165, 1.54) is 13.4 Å². The summed E-state index contributed by atoms with van der Waals surface area (Å²) in [6.45, 7) is 6.17. The van der Waals surface area contributed by atoms with Crippen molar-refractivity contribution in [2.45, 2.75) is 65.0 Å². The number of carbonyl (C=O) groups is 2. The van der Waals surface area contributed by atoms with Crippen LogP contribution in [0.25, 0.3) is 22.3 Å². The summed E-state index contributed by atoms with van der Waals surface area (Å²) in [7, 11) is 1.49. The summed E-state index contributed by atoms with van der Waals surface area (Å²) in [6, 6.07) is 3.50. The number of rotatable bonds is 9. The normalized spacial score (nSPS) is 21.1. The molecular formula is C29H36FN5O4. The Morgan fingerprint density at radius 2 is 1.92 bits per heavy atom. The third-order valence-electron chi connectivity index (χ3n) is 7.83. The van der Waals surface area contributed by atoms with Crippen molar-refractivity contribution in [1.29, 1.82) is 0 Å². The topological polar surface area (TPSA) is 118 Å². The van der Waals surface area contributed by atoms with Crippen LogP contribution in [0.4, 0.5) is 4.39 Å². The first-order valence-corrected chi connectivity index (χ1v) is 13.6. The molecule has 2 aliphatic rings. The van der Waals surface area contributed by atoms with E-state index in [9.17, 15) is 9.59 Å². The maximum Gasteiger partial charge on any atom is 0.255 e. The van der Waals surface area contributed by atoms with Gasteiger partial charge in [0.15, 0.2) is 0 Å². The van der Waals surface area contributed by atoms with Gasteiger partial charge in [-0.2, -0.15) is 0 Å². The summed E-state index contributed by atoms with van der Waals surface area (Å²) in [5.74, 6) is 0.343. The zero-order valence-electron chi connectivity index (χ0n) is 22.9. The molecule has 2 aliphatic carbocycles. The average molecular weight is 538 g/mol. The molecule has 0 aliphatic heterocycles. The molecule has 0 bridgehead atoms. The van der Waals surface area contributed by atoms with Gasteiger partial charge in [0, 0.05) is 24.9 Å². The molecule has 0 spiro atoms. The SMILES string of the molecule is COCC(=O)N[C@@H]1CC[C@H](NC(=O)c2c(C)[nH]c3c(-c4c(OCC5CC5)ccc(C)c4F)ncnc23)[C@H](C)C1. The van der Waals surface area contributed by atoms with Crippen molar-refractivity contribution in [3.05, 3.63) is 41.1 Å². The van der Waals surface area contributed by atoms with Gasteiger partial charge in [-0.05, 0) is 69.4 Å². The molecule has 10 heteroatoms. The molecular weight excluding hydrogens is 501 g/mol. The van der Waals surface area contributed by atoms with Crippen molar-refractivity contribution < 1.29 is 23.5 Å². The highest BCUT2D eigenvalue weighted by Crippen LogP contribution is 2.39. The molecule has 3 atom stereocenters. The molecule has 1 aromatic carbocycles. The monoisotopic (exact) mass is 537 g/mol. The van der Waals surface area contributed by atoms with Gasteiger partial charge in [-0.1, -0.05) is 13.0 Å². The maximum absolute atomic E-state index is 15.5. The molecule has 9 nitrogen and oxygen atoms in total. The minimum Gasteiger partial charge on any atom is -0.492 e. The quantitative estimate of drug-likeness (QED) is 0.376. The molecule has 0 radical (unpaired) electrons. The third kappa shape index (κ3) is 5.75. The molecule has 2 aromatic heterocycles. The van der Waals surface area contributed by atoms with Crippen LogP contribution in [0.2, 0.25) is 0 Å².